The second-order valence-corrected chi connectivity index (χ2v) is 6.80. The summed E-state index contributed by atoms with van der Waals surface area (Å²) in [7, 11) is 1.52. The first-order chi connectivity index (χ1) is 15.6. The highest BCUT2D eigenvalue weighted by atomic mass is 19.1. The molecule has 0 aliphatic heterocycles. The first-order valence-electron chi connectivity index (χ1n) is 9.83. The smallest absolute Gasteiger partial charge is 0.258 e. The van der Waals surface area contributed by atoms with E-state index in [4.69, 9.17) is 13.9 Å². The third kappa shape index (κ3) is 4.92. The fourth-order valence-electron chi connectivity index (χ4n) is 3.08. The lowest BCUT2D eigenvalue weighted by Crippen LogP contribution is -2.33. The van der Waals surface area contributed by atoms with Crippen molar-refractivity contribution in [2.45, 2.75) is 6.04 Å². The number of carbonyl (C=O) groups excluding carboxylic acids is 1. The number of carbonyl (C=O) groups is 1. The van der Waals surface area contributed by atoms with Gasteiger partial charge in [0.05, 0.1) is 7.11 Å². The van der Waals surface area contributed by atoms with Crippen LogP contribution in [0.2, 0.25) is 0 Å². The minimum atomic E-state index is -0.783. The Hall–Kier alpha value is -4.20. The number of nitrogens with zero attached hydrogens (tertiary/aromatic N) is 2. The number of hydrogen-bond donors (Lipinski definition) is 1. The van der Waals surface area contributed by atoms with Crippen LogP contribution in [0.25, 0.3) is 11.5 Å². The molecule has 0 aliphatic rings. The van der Waals surface area contributed by atoms with E-state index in [-0.39, 0.29) is 12.5 Å². The maximum absolute atomic E-state index is 13.4. The second-order valence-electron chi connectivity index (χ2n) is 6.80. The Morgan fingerprint density at radius 3 is 2.38 bits per heavy atom. The SMILES string of the molecule is COc1ccccc1OCC(=O)N[C@H](c1ccc(F)cc1)c1nnc(-c2ccccc2)o1. The van der Waals surface area contributed by atoms with Crippen molar-refractivity contribution < 1.29 is 23.1 Å². The molecule has 1 N–H and O–H groups in total. The molecule has 0 spiro atoms. The third-order valence-corrected chi connectivity index (χ3v) is 4.64. The lowest BCUT2D eigenvalue weighted by atomic mass is 10.1. The van der Waals surface area contributed by atoms with E-state index in [2.05, 4.69) is 15.5 Å². The number of benzene rings is 3. The summed E-state index contributed by atoms with van der Waals surface area (Å²) < 4.78 is 30.1. The molecule has 0 radical (unpaired) electrons. The Kier molecular flexibility index (Phi) is 6.41. The van der Waals surface area contributed by atoms with Gasteiger partial charge in [-0.3, -0.25) is 4.79 Å². The van der Waals surface area contributed by atoms with Gasteiger partial charge < -0.3 is 19.2 Å². The molecule has 0 fully saturated rings. The molecule has 32 heavy (non-hydrogen) atoms. The van der Waals surface area contributed by atoms with Gasteiger partial charge in [-0.2, -0.15) is 0 Å². The average Bonchev–Trinajstić information content (AvgIpc) is 3.33. The van der Waals surface area contributed by atoms with Gasteiger partial charge in [-0.25, -0.2) is 4.39 Å². The van der Waals surface area contributed by atoms with Crippen molar-refractivity contribution in [3.05, 3.63) is 96.1 Å². The van der Waals surface area contributed by atoms with Gasteiger partial charge in [-0.15, -0.1) is 10.2 Å². The molecule has 1 aromatic heterocycles. The predicted octanol–water partition coefficient (Wildman–Crippen LogP) is 4.17. The van der Waals surface area contributed by atoms with Crippen LogP contribution in [0.15, 0.2) is 83.3 Å². The Morgan fingerprint density at radius 1 is 0.969 bits per heavy atom. The number of hydrogen-bond acceptors (Lipinski definition) is 6. The minimum Gasteiger partial charge on any atom is -0.493 e. The molecule has 0 saturated heterocycles. The van der Waals surface area contributed by atoms with Crippen LogP contribution in [0.5, 0.6) is 11.5 Å². The summed E-state index contributed by atoms with van der Waals surface area (Å²) >= 11 is 0. The zero-order chi connectivity index (χ0) is 22.3. The van der Waals surface area contributed by atoms with Gasteiger partial charge in [-0.05, 0) is 42.0 Å². The molecule has 1 amide bonds. The van der Waals surface area contributed by atoms with Crippen molar-refractivity contribution in [3.63, 3.8) is 0 Å². The first kappa shape index (κ1) is 21.0. The highest BCUT2D eigenvalue weighted by molar-refractivity contribution is 5.78. The van der Waals surface area contributed by atoms with Crippen LogP contribution in [0.1, 0.15) is 17.5 Å². The average molecular weight is 433 g/mol. The van der Waals surface area contributed by atoms with E-state index in [1.165, 1.54) is 19.2 Å². The molecular formula is C24H20FN3O4. The molecule has 7 nitrogen and oxygen atoms in total. The number of aromatic nitrogens is 2. The fraction of sp³-hybridized carbons (Fsp3) is 0.125. The standard InChI is InChI=1S/C24H20FN3O4/c1-30-19-9-5-6-10-20(19)31-15-21(29)26-22(16-11-13-18(25)14-12-16)24-28-27-23(32-24)17-7-3-2-4-8-17/h2-14,22H,15H2,1H3,(H,26,29)/t22-/m1/s1. The van der Waals surface area contributed by atoms with Crippen LogP contribution in [0, 0.1) is 5.82 Å². The quantitative estimate of drug-likeness (QED) is 0.449. The Morgan fingerprint density at radius 2 is 1.66 bits per heavy atom. The molecule has 162 valence electrons. The van der Waals surface area contributed by atoms with Crippen molar-refractivity contribution in [2.75, 3.05) is 13.7 Å². The van der Waals surface area contributed by atoms with E-state index in [1.807, 2.05) is 30.3 Å². The first-order valence-corrected chi connectivity index (χ1v) is 9.83. The molecule has 4 rings (SSSR count). The van der Waals surface area contributed by atoms with Gasteiger partial charge in [0.15, 0.2) is 18.1 Å². The summed E-state index contributed by atoms with van der Waals surface area (Å²) in [5, 5.41) is 11.0. The van der Waals surface area contributed by atoms with Gasteiger partial charge in [0.2, 0.25) is 11.8 Å². The summed E-state index contributed by atoms with van der Waals surface area (Å²) in [6.07, 6.45) is 0. The van der Waals surface area contributed by atoms with E-state index in [1.54, 1.807) is 36.4 Å². The van der Waals surface area contributed by atoms with Gasteiger partial charge >= 0.3 is 0 Å². The van der Waals surface area contributed by atoms with Gasteiger partial charge in [-0.1, -0.05) is 42.5 Å². The molecule has 0 bridgehead atoms. The number of para-hydroxylation sites is 2. The van der Waals surface area contributed by atoms with Crippen molar-refractivity contribution >= 4 is 5.91 Å². The van der Waals surface area contributed by atoms with Crippen molar-refractivity contribution in [1.82, 2.24) is 15.5 Å². The molecule has 0 unspecified atom stereocenters. The molecule has 3 aromatic carbocycles. The molecule has 0 saturated carbocycles. The fourth-order valence-corrected chi connectivity index (χ4v) is 3.08. The van der Waals surface area contributed by atoms with Crippen LogP contribution in [0.3, 0.4) is 0 Å². The molecule has 1 atom stereocenters. The van der Waals surface area contributed by atoms with Crippen molar-refractivity contribution in [2.24, 2.45) is 0 Å². The largest absolute Gasteiger partial charge is 0.493 e. The van der Waals surface area contributed by atoms with Crippen LogP contribution in [0.4, 0.5) is 4.39 Å². The number of rotatable bonds is 8. The minimum absolute atomic E-state index is 0.168. The van der Waals surface area contributed by atoms with Crippen LogP contribution < -0.4 is 14.8 Å². The summed E-state index contributed by atoms with van der Waals surface area (Å²) in [6.45, 7) is -0.266. The van der Waals surface area contributed by atoms with Gasteiger partial charge in [0.25, 0.3) is 5.91 Å². The lowest BCUT2D eigenvalue weighted by molar-refractivity contribution is -0.123. The lowest BCUT2D eigenvalue weighted by Gasteiger charge is -2.16. The van der Waals surface area contributed by atoms with Crippen LogP contribution >= 0.6 is 0 Å². The maximum atomic E-state index is 13.4. The zero-order valence-electron chi connectivity index (χ0n) is 17.2. The zero-order valence-corrected chi connectivity index (χ0v) is 17.2. The highest BCUT2D eigenvalue weighted by Gasteiger charge is 2.24. The normalized spacial score (nSPS) is 11.6. The molecule has 0 aliphatic carbocycles. The molecular weight excluding hydrogens is 413 g/mol. The Bertz CT molecular complexity index is 1180. The summed E-state index contributed by atoms with van der Waals surface area (Å²) in [4.78, 5) is 12.7. The summed E-state index contributed by atoms with van der Waals surface area (Å²) in [5.41, 5.74) is 1.33. The van der Waals surface area contributed by atoms with Gasteiger partial charge in [0, 0.05) is 5.56 Å². The second kappa shape index (κ2) is 9.74. The van der Waals surface area contributed by atoms with E-state index in [0.29, 0.717) is 23.0 Å². The Balaban J connectivity index is 1.54. The van der Waals surface area contributed by atoms with E-state index >= 15 is 0 Å². The summed E-state index contributed by atoms with van der Waals surface area (Å²) in [5.74, 6) is 0.610. The molecule has 8 heteroatoms. The predicted molar refractivity (Wildman–Crippen MR) is 115 cm³/mol. The highest BCUT2D eigenvalue weighted by Crippen LogP contribution is 2.27. The number of amides is 1. The van der Waals surface area contributed by atoms with Crippen LogP contribution in [-0.2, 0) is 4.79 Å². The van der Waals surface area contributed by atoms with E-state index in [0.717, 1.165) is 5.56 Å². The van der Waals surface area contributed by atoms with Gasteiger partial charge in [0.1, 0.15) is 11.9 Å². The molecule has 4 aromatic rings. The van der Waals surface area contributed by atoms with Crippen molar-refractivity contribution in [3.8, 4) is 23.0 Å². The number of ether oxygens (including phenoxy) is 2. The van der Waals surface area contributed by atoms with Crippen LogP contribution in [-0.4, -0.2) is 29.8 Å². The van der Waals surface area contributed by atoms with E-state index in [9.17, 15) is 9.18 Å². The topological polar surface area (TPSA) is 86.5 Å². The Labute approximate surface area is 183 Å². The molecule has 1 heterocycles. The monoisotopic (exact) mass is 433 g/mol. The third-order valence-electron chi connectivity index (χ3n) is 4.64. The summed E-state index contributed by atoms with van der Waals surface area (Å²) in [6, 6.07) is 21.2. The number of methoxy groups -OCH3 is 1. The van der Waals surface area contributed by atoms with E-state index < -0.39 is 17.8 Å². The van der Waals surface area contributed by atoms with Crippen molar-refractivity contribution in [1.29, 1.82) is 0 Å². The number of nitrogens with one attached hydrogen (secondary N) is 1. The maximum Gasteiger partial charge on any atom is 0.258 e. The number of halogens is 1.